The second-order valence-electron chi connectivity index (χ2n) is 2.85. The minimum atomic E-state index is -0.229. The van der Waals surface area contributed by atoms with E-state index >= 15 is 0 Å². The van der Waals surface area contributed by atoms with Crippen LogP contribution in [0.15, 0.2) is 0 Å². The summed E-state index contributed by atoms with van der Waals surface area (Å²) in [6.07, 6.45) is 4.69. The molecule has 0 radical (unpaired) electrons. The molecule has 0 unspecified atom stereocenters. The summed E-state index contributed by atoms with van der Waals surface area (Å²) in [6, 6.07) is 0. The van der Waals surface area contributed by atoms with Crippen LogP contribution >= 0.6 is 0 Å². The lowest BCUT2D eigenvalue weighted by molar-refractivity contribution is 0.118. The van der Waals surface area contributed by atoms with Crippen LogP contribution < -0.4 is 5.73 Å². The zero-order valence-corrected chi connectivity index (χ0v) is 5.71. The van der Waals surface area contributed by atoms with E-state index in [1.165, 1.54) is 25.7 Å². The minimum absolute atomic E-state index is 0.229. The van der Waals surface area contributed by atoms with Gasteiger partial charge in [-0.15, -0.1) is 0 Å². The number of rotatable bonds is 2. The average molecular weight is 129 g/mol. The molecule has 0 heterocycles. The Labute approximate surface area is 56.1 Å². The van der Waals surface area contributed by atoms with E-state index in [1.54, 1.807) is 0 Å². The van der Waals surface area contributed by atoms with Gasteiger partial charge in [-0.25, -0.2) is 0 Å². The minimum Gasteiger partial charge on any atom is -0.392 e. The predicted molar refractivity (Wildman–Crippen MR) is 37.0 cm³/mol. The molecule has 0 amide bonds. The standard InChI is InChI=1S/C7H15NO/c8-5-7(9)6-3-1-2-4-6/h6-7,9H,1-5,8H2/t7-/m0/s1. The quantitative estimate of drug-likeness (QED) is 0.570. The van der Waals surface area contributed by atoms with Crippen molar-refractivity contribution in [1.29, 1.82) is 0 Å². The molecule has 0 saturated heterocycles. The fourth-order valence-corrected chi connectivity index (χ4v) is 1.53. The number of aliphatic hydroxyl groups excluding tert-OH is 1. The third-order valence-electron chi connectivity index (χ3n) is 2.19. The first-order valence-electron chi connectivity index (χ1n) is 3.72. The lowest BCUT2D eigenvalue weighted by Gasteiger charge is -2.14. The molecule has 1 aliphatic carbocycles. The van der Waals surface area contributed by atoms with Crippen LogP contribution in [0.5, 0.6) is 0 Å². The molecule has 1 atom stereocenters. The van der Waals surface area contributed by atoms with Crippen molar-refractivity contribution in [1.82, 2.24) is 0 Å². The maximum Gasteiger partial charge on any atom is 0.0690 e. The number of aliphatic hydroxyl groups is 1. The molecular formula is C7H15NO. The van der Waals surface area contributed by atoms with Crippen molar-refractivity contribution < 1.29 is 5.11 Å². The first-order chi connectivity index (χ1) is 4.34. The molecule has 1 aliphatic rings. The zero-order chi connectivity index (χ0) is 6.69. The van der Waals surface area contributed by atoms with Crippen molar-refractivity contribution in [2.45, 2.75) is 31.8 Å². The van der Waals surface area contributed by atoms with Crippen LogP contribution in [0.1, 0.15) is 25.7 Å². The molecule has 2 heteroatoms. The van der Waals surface area contributed by atoms with Gasteiger partial charge in [-0.1, -0.05) is 12.8 Å². The highest BCUT2D eigenvalue weighted by atomic mass is 16.3. The Balaban J connectivity index is 2.24. The second kappa shape index (κ2) is 3.18. The maximum atomic E-state index is 9.23. The predicted octanol–water partition coefficient (Wildman–Crippen LogP) is 0.496. The first kappa shape index (κ1) is 7.03. The monoisotopic (exact) mass is 129 g/mol. The Hall–Kier alpha value is -0.0800. The van der Waals surface area contributed by atoms with E-state index in [9.17, 15) is 5.11 Å². The lowest BCUT2D eigenvalue weighted by atomic mass is 10.0. The van der Waals surface area contributed by atoms with Crippen molar-refractivity contribution in [3.8, 4) is 0 Å². The van der Waals surface area contributed by atoms with E-state index in [0.29, 0.717) is 12.5 Å². The molecule has 0 aromatic carbocycles. The molecule has 9 heavy (non-hydrogen) atoms. The van der Waals surface area contributed by atoms with E-state index in [2.05, 4.69) is 0 Å². The molecule has 1 rings (SSSR count). The Morgan fingerprint density at radius 2 is 2.00 bits per heavy atom. The van der Waals surface area contributed by atoms with E-state index in [0.717, 1.165) is 0 Å². The van der Waals surface area contributed by atoms with Crippen molar-refractivity contribution >= 4 is 0 Å². The number of hydrogen-bond acceptors (Lipinski definition) is 2. The molecule has 3 N–H and O–H groups in total. The van der Waals surface area contributed by atoms with Crippen molar-refractivity contribution in [2.24, 2.45) is 11.7 Å². The first-order valence-corrected chi connectivity index (χ1v) is 3.72. The molecular weight excluding hydrogens is 114 g/mol. The number of hydrogen-bond donors (Lipinski definition) is 2. The summed E-state index contributed by atoms with van der Waals surface area (Å²) in [4.78, 5) is 0. The Bertz CT molecular complexity index is 79.0. The molecule has 1 saturated carbocycles. The van der Waals surface area contributed by atoms with Crippen LogP contribution in [0.25, 0.3) is 0 Å². The Morgan fingerprint density at radius 1 is 1.44 bits per heavy atom. The van der Waals surface area contributed by atoms with Crippen molar-refractivity contribution in [2.75, 3.05) is 6.54 Å². The number of nitrogens with two attached hydrogens (primary N) is 1. The van der Waals surface area contributed by atoms with E-state index in [-0.39, 0.29) is 6.10 Å². The third kappa shape index (κ3) is 1.66. The van der Waals surface area contributed by atoms with Crippen LogP contribution in [-0.4, -0.2) is 17.8 Å². The molecule has 0 aromatic rings. The average Bonchev–Trinajstić information content (AvgIpc) is 2.37. The summed E-state index contributed by atoms with van der Waals surface area (Å²) in [5.41, 5.74) is 5.30. The van der Waals surface area contributed by atoms with E-state index in [4.69, 9.17) is 5.73 Å². The summed E-state index contributed by atoms with van der Waals surface area (Å²) in [7, 11) is 0. The summed E-state index contributed by atoms with van der Waals surface area (Å²) < 4.78 is 0. The topological polar surface area (TPSA) is 46.2 Å². The van der Waals surface area contributed by atoms with Crippen LogP contribution in [0, 0.1) is 5.92 Å². The second-order valence-corrected chi connectivity index (χ2v) is 2.85. The third-order valence-corrected chi connectivity index (χ3v) is 2.19. The Morgan fingerprint density at radius 3 is 2.44 bits per heavy atom. The van der Waals surface area contributed by atoms with E-state index in [1.807, 2.05) is 0 Å². The van der Waals surface area contributed by atoms with E-state index < -0.39 is 0 Å². The normalized spacial score (nSPS) is 24.7. The fourth-order valence-electron chi connectivity index (χ4n) is 1.53. The van der Waals surface area contributed by atoms with Gasteiger partial charge in [0.2, 0.25) is 0 Å². The molecule has 54 valence electrons. The molecule has 0 aromatic heterocycles. The summed E-state index contributed by atoms with van der Waals surface area (Å²) in [6.45, 7) is 0.435. The van der Waals surface area contributed by atoms with Gasteiger partial charge in [-0.3, -0.25) is 0 Å². The van der Waals surface area contributed by atoms with Crippen LogP contribution in [0.3, 0.4) is 0 Å². The molecule has 1 fully saturated rings. The Kier molecular flexibility index (Phi) is 2.49. The molecule has 2 nitrogen and oxygen atoms in total. The SMILES string of the molecule is NC[C@H](O)C1CCCC1. The van der Waals surface area contributed by atoms with Gasteiger partial charge in [0.15, 0.2) is 0 Å². The van der Waals surface area contributed by atoms with Crippen LogP contribution in [0.4, 0.5) is 0 Å². The smallest absolute Gasteiger partial charge is 0.0690 e. The highest BCUT2D eigenvalue weighted by molar-refractivity contribution is 4.74. The van der Waals surface area contributed by atoms with Gasteiger partial charge in [-0.2, -0.15) is 0 Å². The summed E-state index contributed by atoms with van der Waals surface area (Å²) >= 11 is 0. The van der Waals surface area contributed by atoms with Gasteiger partial charge < -0.3 is 10.8 Å². The summed E-state index contributed by atoms with van der Waals surface area (Å²) in [5, 5.41) is 9.23. The zero-order valence-electron chi connectivity index (χ0n) is 5.71. The largest absolute Gasteiger partial charge is 0.392 e. The van der Waals surface area contributed by atoms with Gasteiger partial charge >= 0.3 is 0 Å². The highest BCUT2D eigenvalue weighted by Crippen LogP contribution is 2.26. The summed E-state index contributed by atoms with van der Waals surface area (Å²) in [5.74, 6) is 0.509. The lowest BCUT2D eigenvalue weighted by Crippen LogP contribution is -2.26. The highest BCUT2D eigenvalue weighted by Gasteiger charge is 2.21. The van der Waals surface area contributed by atoms with Crippen LogP contribution in [-0.2, 0) is 0 Å². The van der Waals surface area contributed by atoms with Gasteiger partial charge in [-0.05, 0) is 18.8 Å². The van der Waals surface area contributed by atoms with Crippen molar-refractivity contribution in [3.05, 3.63) is 0 Å². The molecule has 0 bridgehead atoms. The maximum absolute atomic E-state index is 9.23. The molecule has 0 spiro atoms. The van der Waals surface area contributed by atoms with Crippen molar-refractivity contribution in [3.63, 3.8) is 0 Å². The van der Waals surface area contributed by atoms with Gasteiger partial charge in [0.05, 0.1) is 6.10 Å². The van der Waals surface area contributed by atoms with Gasteiger partial charge in [0.25, 0.3) is 0 Å². The fraction of sp³-hybridized carbons (Fsp3) is 1.00. The van der Waals surface area contributed by atoms with Gasteiger partial charge in [0.1, 0.15) is 0 Å². The van der Waals surface area contributed by atoms with Gasteiger partial charge in [0, 0.05) is 6.54 Å². The van der Waals surface area contributed by atoms with Crippen LogP contribution in [0.2, 0.25) is 0 Å². The molecule has 0 aliphatic heterocycles.